The number of aromatic amines is 1. The molecule has 2 saturated carbocycles. The number of imide groups is 1. The van der Waals surface area contributed by atoms with Crippen LogP contribution in [0.5, 0.6) is 11.5 Å². The van der Waals surface area contributed by atoms with E-state index in [1.54, 1.807) is 74.3 Å². The van der Waals surface area contributed by atoms with Crippen molar-refractivity contribution in [2.75, 3.05) is 30.5 Å². The zero-order valence-electron chi connectivity index (χ0n) is 27.4. The molecule has 3 heterocycles. The van der Waals surface area contributed by atoms with E-state index in [4.69, 9.17) is 14.2 Å². The van der Waals surface area contributed by atoms with E-state index in [-0.39, 0.29) is 64.7 Å². The van der Waals surface area contributed by atoms with Gasteiger partial charge in [0.1, 0.15) is 11.5 Å². The number of carbonyl (C=O) groups excluding carboxylic acids is 4. The SMILES string of the molecule is CCOC(=O)c1ccc(N2C(=O)[C@H]3[C@H]4C[C@@H]([C@@H]3C2=O)[C@@H]2[C@H](c3cc(Br)ccc3OCC(=O)Nc3ccc(OC)cc3)c3sc(=O)[nH]c3S[C@H]42)cc1. The predicted octanol–water partition coefficient (Wildman–Crippen LogP) is 6.08. The van der Waals surface area contributed by atoms with Gasteiger partial charge in [0, 0.05) is 31.8 Å². The summed E-state index contributed by atoms with van der Waals surface area (Å²) in [5, 5.41) is 3.58. The highest BCUT2D eigenvalue weighted by molar-refractivity contribution is 9.10. The maximum absolute atomic E-state index is 14.2. The summed E-state index contributed by atoms with van der Waals surface area (Å²) < 4.78 is 17.3. The average Bonchev–Trinajstić information content (AvgIpc) is 3.87. The van der Waals surface area contributed by atoms with Crippen LogP contribution in [0.2, 0.25) is 0 Å². The Bertz CT molecular complexity index is 2120. The number of benzene rings is 3. The largest absolute Gasteiger partial charge is 0.497 e. The molecule has 8 rings (SSSR count). The number of anilines is 2. The maximum atomic E-state index is 14.2. The molecule has 2 aliphatic carbocycles. The minimum atomic E-state index is -0.513. The molecule has 262 valence electrons. The van der Waals surface area contributed by atoms with Gasteiger partial charge in [-0.3, -0.25) is 24.1 Å². The van der Waals surface area contributed by atoms with Crippen molar-refractivity contribution < 1.29 is 33.4 Å². The van der Waals surface area contributed by atoms with E-state index < -0.39 is 17.8 Å². The van der Waals surface area contributed by atoms with Crippen molar-refractivity contribution in [3.8, 4) is 11.5 Å². The van der Waals surface area contributed by atoms with Crippen LogP contribution in [0, 0.1) is 29.6 Å². The fourth-order valence-electron chi connectivity index (χ4n) is 8.49. The van der Waals surface area contributed by atoms with Crippen LogP contribution in [0.25, 0.3) is 0 Å². The fourth-order valence-corrected chi connectivity index (χ4v) is 11.7. The molecule has 3 amide bonds. The van der Waals surface area contributed by atoms with Crippen LogP contribution >= 0.6 is 39.0 Å². The van der Waals surface area contributed by atoms with E-state index in [2.05, 4.69) is 26.2 Å². The van der Waals surface area contributed by atoms with Crippen molar-refractivity contribution in [2.45, 2.75) is 29.5 Å². The molecule has 4 aliphatic rings. The van der Waals surface area contributed by atoms with Crippen LogP contribution in [0.3, 0.4) is 0 Å². The van der Waals surface area contributed by atoms with Crippen LogP contribution in [0.4, 0.5) is 11.4 Å². The number of nitrogens with zero attached hydrogens (tertiary/aromatic N) is 1. The van der Waals surface area contributed by atoms with E-state index >= 15 is 0 Å². The molecule has 2 N–H and O–H groups in total. The first-order valence-corrected chi connectivity index (χ1v) is 19.1. The second kappa shape index (κ2) is 13.3. The normalized spacial score (nSPS) is 25.6. The van der Waals surface area contributed by atoms with Crippen LogP contribution in [0.1, 0.15) is 40.1 Å². The monoisotopic (exact) mass is 789 g/mol. The average molecular weight is 791 g/mol. The van der Waals surface area contributed by atoms with E-state index in [0.717, 1.165) is 37.7 Å². The number of thiazole rings is 1. The Morgan fingerprint density at radius 1 is 0.980 bits per heavy atom. The van der Waals surface area contributed by atoms with Gasteiger partial charge < -0.3 is 24.5 Å². The molecule has 1 aromatic heterocycles. The number of ether oxygens (including phenoxy) is 3. The smallest absolute Gasteiger partial charge is 0.338 e. The minimum Gasteiger partial charge on any atom is -0.497 e. The summed E-state index contributed by atoms with van der Waals surface area (Å²) in [6.07, 6.45) is 0.717. The molecule has 4 aromatic rings. The van der Waals surface area contributed by atoms with Gasteiger partial charge in [-0.2, -0.15) is 0 Å². The van der Waals surface area contributed by atoms with Crippen molar-refractivity contribution in [1.82, 2.24) is 4.98 Å². The number of carbonyl (C=O) groups is 4. The predicted molar refractivity (Wildman–Crippen MR) is 195 cm³/mol. The molecule has 0 spiro atoms. The molecule has 11 nitrogen and oxygen atoms in total. The van der Waals surface area contributed by atoms with Gasteiger partial charge in [-0.1, -0.05) is 27.3 Å². The summed E-state index contributed by atoms with van der Waals surface area (Å²) in [6, 6.07) is 19.0. The third-order valence-corrected chi connectivity index (χ3v) is 13.5. The Morgan fingerprint density at radius 2 is 1.71 bits per heavy atom. The summed E-state index contributed by atoms with van der Waals surface area (Å²) >= 11 is 6.37. The molecule has 3 fully saturated rings. The van der Waals surface area contributed by atoms with Crippen molar-refractivity contribution in [3.63, 3.8) is 0 Å². The number of hydrogen-bond acceptors (Lipinski definition) is 10. The molecule has 0 radical (unpaired) electrons. The first-order valence-electron chi connectivity index (χ1n) is 16.6. The number of fused-ring (bicyclic) bond motifs is 9. The summed E-state index contributed by atoms with van der Waals surface area (Å²) in [6.45, 7) is 1.72. The number of halogens is 1. The zero-order chi connectivity index (χ0) is 35.6. The lowest BCUT2D eigenvalue weighted by molar-refractivity contribution is -0.123. The Morgan fingerprint density at radius 3 is 2.41 bits per heavy atom. The molecule has 2 bridgehead atoms. The summed E-state index contributed by atoms with van der Waals surface area (Å²) in [5.41, 5.74) is 2.18. The zero-order valence-corrected chi connectivity index (χ0v) is 30.6. The lowest BCUT2D eigenvalue weighted by atomic mass is 9.68. The van der Waals surface area contributed by atoms with Gasteiger partial charge in [0.15, 0.2) is 6.61 Å². The number of amides is 3. The summed E-state index contributed by atoms with van der Waals surface area (Å²) in [5.74, 6) is -1.69. The van der Waals surface area contributed by atoms with E-state index in [9.17, 15) is 24.0 Å². The molecule has 1 saturated heterocycles. The molecule has 14 heteroatoms. The van der Waals surface area contributed by atoms with Crippen molar-refractivity contribution in [3.05, 3.63) is 96.9 Å². The second-order valence-corrected chi connectivity index (χ2v) is 16.1. The van der Waals surface area contributed by atoms with Gasteiger partial charge in [0.2, 0.25) is 11.8 Å². The second-order valence-electron chi connectivity index (χ2n) is 13.0. The topological polar surface area (TPSA) is 144 Å². The number of rotatable bonds is 9. The number of nitrogens with one attached hydrogen (secondary N) is 2. The molecule has 3 aromatic carbocycles. The van der Waals surface area contributed by atoms with E-state index in [1.807, 2.05) is 18.2 Å². The first-order chi connectivity index (χ1) is 24.7. The lowest BCUT2D eigenvalue weighted by Gasteiger charge is -2.43. The van der Waals surface area contributed by atoms with Gasteiger partial charge in [-0.25, -0.2) is 4.79 Å². The number of thioether (sulfide) groups is 1. The Labute approximate surface area is 309 Å². The van der Waals surface area contributed by atoms with Gasteiger partial charge in [0.25, 0.3) is 5.91 Å². The minimum absolute atomic E-state index is 0.0351. The molecular formula is C37H32BrN3O8S2. The number of esters is 1. The first kappa shape index (κ1) is 33.7. The fraction of sp³-hybridized carbons (Fsp3) is 0.324. The third kappa shape index (κ3) is 5.77. The number of aromatic nitrogens is 1. The highest BCUT2D eigenvalue weighted by Crippen LogP contribution is 2.69. The molecule has 0 unspecified atom stereocenters. The number of H-pyrrole nitrogens is 1. The molecule has 7 atom stereocenters. The van der Waals surface area contributed by atoms with Crippen molar-refractivity contribution in [2.24, 2.45) is 29.6 Å². The van der Waals surface area contributed by atoms with Gasteiger partial charge >= 0.3 is 10.8 Å². The Balaban J connectivity index is 1.10. The van der Waals surface area contributed by atoms with Crippen LogP contribution < -0.4 is 24.6 Å². The van der Waals surface area contributed by atoms with E-state index in [0.29, 0.717) is 28.4 Å². The molecule has 2 aliphatic heterocycles. The molecular weight excluding hydrogens is 758 g/mol. The summed E-state index contributed by atoms with van der Waals surface area (Å²) in [7, 11) is 1.57. The van der Waals surface area contributed by atoms with Gasteiger partial charge in [0.05, 0.1) is 41.8 Å². The van der Waals surface area contributed by atoms with Crippen LogP contribution in [0.15, 0.2) is 81.0 Å². The Hall–Kier alpha value is -4.40. The highest BCUT2D eigenvalue weighted by Gasteiger charge is 2.70. The number of hydrogen-bond donors (Lipinski definition) is 2. The van der Waals surface area contributed by atoms with Gasteiger partial charge in [-0.15, -0.1) is 11.8 Å². The van der Waals surface area contributed by atoms with Gasteiger partial charge in [-0.05, 0) is 97.8 Å². The third-order valence-electron chi connectivity index (χ3n) is 10.4. The van der Waals surface area contributed by atoms with E-state index in [1.165, 1.54) is 4.90 Å². The highest BCUT2D eigenvalue weighted by atomic mass is 79.9. The van der Waals surface area contributed by atoms with Crippen LogP contribution in [-0.2, 0) is 19.1 Å². The standard InChI is InChI=1S/C37H32BrN3O8S2/c1-3-48-36(45)17-4-9-20(10-5-17)41-34(43)29-23-15-24(30(29)35(41)44)31-28(23)27(32-33(50-31)40-37(46)51-32)22-14-18(38)6-13-25(22)49-16-26(42)39-19-7-11-21(47-2)12-8-19/h4-14,23-24,27-31H,3,15-16H2,1-2H3,(H,39,42)(H,40,46)/t23-,24-,27+,28-,29+,30+,31-/m1/s1. The quantitative estimate of drug-likeness (QED) is 0.152. The van der Waals surface area contributed by atoms with Crippen molar-refractivity contribution in [1.29, 1.82) is 0 Å². The Kier molecular flexibility index (Phi) is 8.79. The van der Waals surface area contributed by atoms with Crippen LogP contribution in [-0.4, -0.2) is 54.2 Å². The summed E-state index contributed by atoms with van der Waals surface area (Å²) in [4.78, 5) is 71.3. The van der Waals surface area contributed by atoms with Crippen molar-refractivity contribution >= 4 is 74.1 Å². The number of methoxy groups -OCH3 is 1. The lowest BCUT2D eigenvalue weighted by Crippen LogP contribution is -2.42. The molecule has 51 heavy (non-hydrogen) atoms. The maximum Gasteiger partial charge on any atom is 0.338 e.